The van der Waals surface area contributed by atoms with Gasteiger partial charge in [0.2, 0.25) is 0 Å². The maximum absolute atomic E-state index is 8.58. The topological polar surface area (TPSA) is 87.3 Å². The monoisotopic (exact) mass is 190 g/mol. The van der Waals surface area contributed by atoms with Crippen molar-refractivity contribution in [2.75, 3.05) is 0 Å². The first kappa shape index (κ1) is 8.55. The molecule has 0 unspecified atom stereocenters. The third-order valence-corrected chi connectivity index (χ3v) is 2.01. The number of fused-ring (bicyclic) bond motifs is 1. The smallest absolute Gasteiger partial charge is 0.172 e. The lowest BCUT2D eigenvalue weighted by molar-refractivity contribution is 0.318. The molecule has 1 heterocycles. The van der Waals surface area contributed by atoms with Crippen molar-refractivity contribution in [1.82, 2.24) is 9.97 Å². The van der Waals surface area contributed by atoms with E-state index in [1.54, 1.807) is 6.07 Å². The zero-order valence-corrected chi connectivity index (χ0v) is 7.65. The molecule has 1 aromatic heterocycles. The number of rotatable bonds is 1. The summed E-state index contributed by atoms with van der Waals surface area (Å²) in [5.41, 5.74) is 7.75. The molecule has 4 N–H and O–H groups in total. The highest BCUT2D eigenvalue weighted by atomic mass is 16.4. The molecule has 0 atom stereocenters. The Hall–Kier alpha value is -2.04. The van der Waals surface area contributed by atoms with E-state index in [2.05, 4.69) is 15.1 Å². The molecular weight excluding hydrogens is 180 g/mol. The first-order valence-corrected chi connectivity index (χ1v) is 4.15. The molecule has 0 saturated heterocycles. The minimum absolute atomic E-state index is 0.0714. The van der Waals surface area contributed by atoms with E-state index in [-0.39, 0.29) is 5.84 Å². The Kier molecular flexibility index (Phi) is 1.85. The molecule has 5 nitrogen and oxygen atoms in total. The first-order valence-electron chi connectivity index (χ1n) is 4.15. The molecule has 14 heavy (non-hydrogen) atoms. The second-order valence-corrected chi connectivity index (χ2v) is 3.01. The fourth-order valence-corrected chi connectivity index (χ4v) is 1.42. The van der Waals surface area contributed by atoms with E-state index < -0.39 is 0 Å². The van der Waals surface area contributed by atoms with Gasteiger partial charge in [-0.2, -0.15) is 0 Å². The van der Waals surface area contributed by atoms with Crippen LogP contribution in [0.5, 0.6) is 0 Å². The molecule has 0 radical (unpaired) electrons. The number of hydrogen-bond donors (Lipinski definition) is 3. The minimum Gasteiger partial charge on any atom is -0.409 e. The van der Waals surface area contributed by atoms with Crippen LogP contribution >= 0.6 is 0 Å². The standard InChI is InChI=1S/C9H10N4O/c1-5-11-7-4-2-3-6(8(7)12-5)9(10)13-14/h2-4,14H,1H3,(H2,10,13)(H,11,12). The van der Waals surface area contributed by atoms with Crippen LogP contribution < -0.4 is 5.73 Å². The van der Waals surface area contributed by atoms with Crippen molar-refractivity contribution >= 4 is 16.9 Å². The predicted octanol–water partition coefficient (Wildman–Crippen LogP) is 0.966. The number of aryl methyl sites for hydroxylation is 1. The summed E-state index contributed by atoms with van der Waals surface area (Å²) in [6.45, 7) is 1.86. The highest BCUT2D eigenvalue weighted by Crippen LogP contribution is 2.15. The molecule has 5 heteroatoms. The third-order valence-electron chi connectivity index (χ3n) is 2.01. The van der Waals surface area contributed by atoms with Gasteiger partial charge >= 0.3 is 0 Å². The molecule has 0 fully saturated rings. The van der Waals surface area contributed by atoms with Crippen LogP contribution in [-0.2, 0) is 0 Å². The van der Waals surface area contributed by atoms with Crippen LogP contribution in [0.4, 0.5) is 0 Å². The van der Waals surface area contributed by atoms with Crippen molar-refractivity contribution in [3.05, 3.63) is 29.6 Å². The van der Waals surface area contributed by atoms with E-state index >= 15 is 0 Å². The molecule has 2 rings (SSSR count). The lowest BCUT2D eigenvalue weighted by atomic mass is 10.2. The number of nitrogens with two attached hydrogens (primary N) is 1. The molecule has 0 aliphatic rings. The summed E-state index contributed by atoms with van der Waals surface area (Å²) in [5.74, 6) is 0.875. The van der Waals surface area contributed by atoms with Crippen molar-refractivity contribution in [1.29, 1.82) is 0 Å². The number of hydrogen-bond acceptors (Lipinski definition) is 3. The van der Waals surface area contributed by atoms with Gasteiger partial charge in [-0.3, -0.25) is 0 Å². The van der Waals surface area contributed by atoms with Crippen molar-refractivity contribution < 1.29 is 5.21 Å². The van der Waals surface area contributed by atoms with Gasteiger partial charge < -0.3 is 15.9 Å². The van der Waals surface area contributed by atoms with Gasteiger partial charge in [-0.15, -0.1) is 0 Å². The molecule has 0 amide bonds. The Bertz CT molecular complexity index is 500. The van der Waals surface area contributed by atoms with Crippen molar-refractivity contribution in [3.63, 3.8) is 0 Å². The summed E-state index contributed by atoms with van der Waals surface area (Å²) in [6.07, 6.45) is 0. The molecule has 2 aromatic rings. The molecule has 0 bridgehead atoms. The number of aromatic nitrogens is 2. The van der Waals surface area contributed by atoms with Gasteiger partial charge in [0, 0.05) is 5.56 Å². The van der Waals surface area contributed by atoms with Crippen LogP contribution in [0.15, 0.2) is 23.4 Å². The SMILES string of the molecule is Cc1nc2c(/C(N)=N\O)cccc2[nH]1. The van der Waals surface area contributed by atoms with Crippen LogP contribution in [-0.4, -0.2) is 21.0 Å². The highest BCUT2D eigenvalue weighted by molar-refractivity contribution is 6.06. The predicted molar refractivity (Wildman–Crippen MR) is 53.3 cm³/mol. The maximum Gasteiger partial charge on any atom is 0.172 e. The number of nitrogens with zero attached hydrogens (tertiary/aromatic N) is 2. The Morgan fingerprint density at radius 2 is 2.36 bits per heavy atom. The number of aromatic amines is 1. The second-order valence-electron chi connectivity index (χ2n) is 3.01. The van der Waals surface area contributed by atoms with Crippen LogP contribution in [0.25, 0.3) is 11.0 Å². The number of amidine groups is 1. The van der Waals surface area contributed by atoms with Crippen molar-refractivity contribution in [3.8, 4) is 0 Å². The van der Waals surface area contributed by atoms with Gasteiger partial charge in [0.25, 0.3) is 0 Å². The Labute approximate surface area is 80.3 Å². The zero-order valence-electron chi connectivity index (χ0n) is 7.65. The number of benzene rings is 1. The molecule has 1 aromatic carbocycles. The lowest BCUT2D eigenvalue weighted by Crippen LogP contribution is -2.13. The van der Waals surface area contributed by atoms with Gasteiger partial charge in [-0.1, -0.05) is 11.2 Å². The Morgan fingerprint density at radius 1 is 1.57 bits per heavy atom. The number of para-hydroxylation sites is 1. The molecule has 0 aliphatic carbocycles. The first-order chi connectivity index (χ1) is 6.72. The number of H-pyrrole nitrogens is 1. The van der Waals surface area contributed by atoms with Crippen LogP contribution in [0.3, 0.4) is 0 Å². The average Bonchev–Trinajstić information content (AvgIpc) is 2.56. The number of oxime groups is 1. The highest BCUT2D eigenvalue weighted by Gasteiger charge is 2.08. The summed E-state index contributed by atoms with van der Waals surface area (Å²) < 4.78 is 0. The van der Waals surface area contributed by atoms with Crippen molar-refractivity contribution in [2.24, 2.45) is 10.9 Å². The van der Waals surface area contributed by atoms with E-state index in [4.69, 9.17) is 10.9 Å². The van der Waals surface area contributed by atoms with Crippen molar-refractivity contribution in [2.45, 2.75) is 6.92 Å². The average molecular weight is 190 g/mol. The fourth-order valence-electron chi connectivity index (χ4n) is 1.42. The van der Waals surface area contributed by atoms with Crippen LogP contribution in [0.2, 0.25) is 0 Å². The minimum atomic E-state index is 0.0714. The summed E-state index contributed by atoms with van der Waals surface area (Å²) >= 11 is 0. The summed E-state index contributed by atoms with van der Waals surface area (Å²) in [4.78, 5) is 7.33. The van der Waals surface area contributed by atoms with Gasteiger partial charge in [0.1, 0.15) is 5.82 Å². The Morgan fingerprint density at radius 3 is 3.07 bits per heavy atom. The summed E-state index contributed by atoms with van der Waals surface area (Å²) in [5, 5.41) is 11.5. The number of nitrogens with one attached hydrogen (secondary N) is 1. The van der Waals surface area contributed by atoms with Crippen LogP contribution in [0, 0.1) is 6.92 Å². The largest absolute Gasteiger partial charge is 0.409 e. The van der Waals surface area contributed by atoms with Gasteiger partial charge in [-0.05, 0) is 19.1 Å². The van der Waals surface area contributed by atoms with E-state index in [1.165, 1.54) is 0 Å². The van der Waals surface area contributed by atoms with Gasteiger partial charge in [-0.25, -0.2) is 4.98 Å². The molecular formula is C9H10N4O. The lowest BCUT2D eigenvalue weighted by Gasteiger charge is -1.98. The van der Waals surface area contributed by atoms with Crippen LogP contribution in [0.1, 0.15) is 11.4 Å². The molecule has 0 saturated carbocycles. The van der Waals surface area contributed by atoms with Gasteiger partial charge in [0.05, 0.1) is 11.0 Å². The van der Waals surface area contributed by atoms with E-state index in [0.717, 1.165) is 16.9 Å². The maximum atomic E-state index is 8.58. The summed E-state index contributed by atoms with van der Waals surface area (Å²) in [7, 11) is 0. The normalized spacial score (nSPS) is 12.2. The second kappa shape index (κ2) is 3.02. The molecule has 0 spiro atoms. The quantitative estimate of drug-likeness (QED) is 0.271. The fraction of sp³-hybridized carbons (Fsp3) is 0.111. The molecule has 72 valence electrons. The molecule has 0 aliphatic heterocycles. The summed E-state index contributed by atoms with van der Waals surface area (Å²) in [6, 6.07) is 5.48. The van der Waals surface area contributed by atoms with E-state index in [9.17, 15) is 0 Å². The zero-order chi connectivity index (χ0) is 10.1. The van der Waals surface area contributed by atoms with Gasteiger partial charge in [0.15, 0.2) is 5.84 Å². The Balaban J connectivity index is 2.76. The van der Waals surface area contributed by atoms with E-state index in [1.807, 2.05) is 19.1 Å². The number of imidazole rings is 1. The van der Waals surface area contributed by atoms with E-state index in [0.29, 0.717) is 5.56 Å². The third kappa shape index (κ3) is 1.19.